The molecule has 1 aromatic carbocycles. The molecule has 0 spiro atoms. The summed E-state index contributed by atoms with van der Waals surface area (Å²) in [4.78, 5) is 10.3. The van der Waals surface area contributed by atoms with E-state index in [0.29, 0.717) is 15.4 Å². The van der Waals surface area contributed by atoms with E-state index in [1.54, 1.807) is 12.1 Å². The van der Waals surface area contributed by atoms with E-state index >= 15 is 0 Å². The Kier molecular flexibility index (Phi) is 5.30. The summed E-state index contributed by atoms with van der Waals surface area (Å²) in [6.45, 7) is 0. The molecule has 0 amide bonds. The summed E-state index contributed by atoms with van der Waals surface area (Å²) in [6.07, 6.45) is 3.49. The molecule has 0 bridgehead atoms. The van der Waals surface area contributed by atoms with Crippen molar-refractivity contribution in [3.05, 3.63) is 17.7 Å². The first-order valence-electron chi connectivity index (χ1n) is 4.69. The molecule has 0 aliphatic heterocycles. The summed E-state index contributed by atoms with van der Waals surface area (Å²) in [6, 6.07) is 1.56. The van der Waals surface area contributed by atoms with Crippen LogP contribution in [-0.2, 0) is 4.79 Å². The van der Waals surface area contributed by atoms with Crippen molar-refractivity contribution in [1.29, 1.82) is 0 Å². The van der Waals surface area contributed by atoms with Crippen molar-refractivity contribution in [2.75, 3.05) is 14.2 Å². The second-order valence-corrected chi connectivity index (χ2v) is 5.10. The van der Waals surface area contributed by atoms with Gasteiger partial charge in [-0.2, -0.15) is 0 Å². The van der Waals surface area contributed by atoms with Crippen molar-refractivity contribution in [3.8, 4) is 17.2 Å². The Balaban J connectivity index is 3.46. The van der Waals surface area contributed by atoms with Crippen LogP contribution in [-0.4, -0.2) is 50.6 Å². The molecule has 0 saturated carbocycles. The predicted octanol–water partition coefficient (Wildman–Crippen LogP) is -0.142. The van der Waals surface area contributed by atoms with Crippen LogP contribution in [0.4, 0.5) is 0 Å². The molecule has 2 radical (unpaired) electrons. The summed E-state index contributed by atoms with van der Waals surface area (Å²) in [5.74, 6) is 0.316. The minimum atomic E-state index is -1.84. The molecule has 17 heavy (non-hydrogen) atoms. The fourth-order valence-electron chi connectivity index (χ4n) is 1.39. The summed E-state index contributed by atoms with van der Waals surface area (Å²) in [5.41, 5.74) is 0.623. The Morgan fingerprint density at radius 2 is 2.06 bits per heavy atom. The number of ether oxygens (including phenoxy) is 2. The normalized spacial score (nSPS) is 10.5. The van der Waals surface area contributed by atoms with Crippen LogP contribution in [0.5, 0.6) is 17.2 Å². The van der Waals surface area contributed by atoms with Crippen LogP contribution in [0.2, 0.25) is 0 Å². The molecule has 0 atom stereocenters. The molecule has 0 saturated heterocycles. The van der Waals surface area contributed by atoms with Gasteiger partial charge in [0, 0.05) is 0 Å². The number of phenols is 1. The van der Waals surface area contributed by atoms with Gasteiger partial charge in [-0.25, -0.2) is 0 Å². The fraction of sp³-hybridized carbons (Fsp3) is 0.182. The topological polar surface area (TPSA) is 76.0 Å². The second-order valence-electron chi connectivity index (χ2n) is 3.03. The van der Waals surface area contributed by atoms with E-state index in [2.05, 4.69) is 0 Å². The third-order valence-corrected chi connectivity index (χ3v) is 4.25. The van der Waals surface area contributed by atoms with Crippen molar-refractivity contribution in [1.82, 2.24) is 0 Å². The molecule has 2 N–H and O–H groups in total. The SMILES string of the molecule is COc1cc(C=CC=O)[c]([Sn][OH])c(OC)c1O. The number of aldehydes is 1. The third kappa shape index (κ3) is 2.92. The quantitative estimate of drug-likeness (QED) is 0.442. The molecule has 0 fully saturated rings. The molecule has 1 aromatic rings. The molecule has 0 heterocycles. The van der Waals surface area contributed by atoms with E-state index in [1.807, 2.05) is 0 Å². The van der Waals surface area contributed by atoms with Crippen LogP contribution < -0.4 is 13.1 Å². The van der Waals surface area contributed by atoms with E-state index in [-0.39, 0.29) is 17.2 Å². The van der Waals surface area contributed by atoms with E-state index in [9.17, 15) is 13.3 Å². The first-order chi connectivity index (χ1) is 8.19. The molecular formula is C11H12O5Sn. The number of rotatable bonds is 5. The minimum absolute atomic E-state index is 0.136. The van der Waals surface area contributed by atoms with E-state index in [4.69, 9.17) is 9.47 Å². The summed E-state index contributed by atoms with van der Waals surface area (Å²) in [5, 5.41) is 9.82. The number of aromatic hydroxyl groups is 1. The number of phenolic OH excluding ortho intramolecular Hbond substituents is 1. The van der Waals surface area contributed by atoms with Gasteiger partial charge >= 0.3 is 109 Å². The molecule has 1 rings (SSSR count). The third-order valence-electron chi connectivity index (χ3n) is 2.14. The van der Waals surface area contributed by atoms with Gasteiger partial charge in [0.2, 0.25) is 0 Å². The molecule has 0 aliphatic carbocycles. The maximum atomic E-state index is 10.3. The Labute approximate surface area is 109 Å². The van der Waals surface area contributed by atoms with Gasteiger partial charge in [-0.3, -0.25) is 0 Å². The zero-order valence-electron chi connectivity index (χ0n) is 9.43. The van der Waals surface area contributed by atoms with Crippen molar-refractivity contribution < 1.29 is 22.8 Å². The Bertz CT molecular complexity index is 442. The first-order valence-corrected chi connectivity index (χ1v) is 7.39. The van der Waals surface area contributed by atoms with Gasteiger partial charge in [0.1, 0.15) is 0 Å². The van der Waals surface area contributed by atoms with Crippen molar-refractivity contribution in [2.45, 2.75) is 0 Å². The maximum absolute atomic E-state index is 10.3. The van der Waals surface area contributed by atoms with E-state index in [0.717, 1.165) is 0 Å². The number of benzene rings is 1. The number of carbonyl (C=O) groups excluding carboxylic acids is 1. The first kappa shape index (κ1) is 13.9. The van der Waals surface area contributed by atoms with Crippen LogP contribution in [0.3, 0.4) is 0 Å². The molecule has 5 nitrogen and oxygen atoms in total. The summed E-state index contributed by atoms with van der Waals surface area (Å²) < 4.78 is 20.0. The number of methoxy groups -OCH3 is 2. The Morgan fingerprint density at radius 1 is 1.35 bits per heavy atom. The summed E-state index contributed by atoms with van der Waals surface area (Å²) in [7, 11) is 2.82. The van der Waals surface area contributed by atoms with Gasteiger partial charge in [-0.05, 0) is 0 Å². The standard InChI is InChI=1S/C11H11O4.H2O.Sn/c1-14-9-6-8(4-3-5-12)7-10(15-2)11(9)13;;/h3-6,13H,1-2H3;1H2;/q;;+1/p-1. The molecule has 0 aromatic heterocycles. The zero-order chi connectivity index (χ0) is 12.8. The molecular weight excluding hydrogens is 331 g/mol. The van der Waals surface area contributed by atoms with Crippen molar-refractivity contribution >= 4 is 37.5 Å². The van der Waals surface area contributed by atoms with Crippen LogP contribution in [0.1, 0.15) is 5.56 Å². The molecule has 0 unspecified atom stereocenters. The number of allylic oxidation sites excluding steroid dienone is 1. The van der Waals surface area contributed by atoms with Crippen molar-refractivity contribution in [3.63, 3.8) is 0 Å². The van der Waals surface area contributed by atoms with Gasteiger partial charge in [-0.15, -0.1) is 0 Å². The van der Waals surface area contributed by atoms with Crippen LogP contribution in [0.25, 0.3) is 6.08 Å². The monoisotopic (exact) mass is 344 g/mol. The zero-order valence-corrected chi connectivity index (χ0v) is 12.3. The van der Waals surface area contributed by atoms with E-state index < -0.39 is 21.6 Å². The van der Waals surface area contributed by atoms with Gasteiger partial charge in [-0.1, -0.05) is 0 Å². The predicted molar refractivity (Wildman–Crippen MR) is 63.9 cm³/mol. The van der Waals surface area contributed by atoms with Crippen molar-refractivity contribution in [2.24, 2.45) is 0 Å². The fourth-order valence-corrected chi connectivity index (χ4v) is 3.12. The van der Waals surface area contributed by atoms with E-state index in [1.165, 1.54) is 20.3 Å². The molecule has 90 valence electrons. The van der Waals surface area contributed by atoms with Crippen LogP contribution >= 0.6 is 0 Å². The van der Waals surface area contributed by atoms with Gasteiger partial charge in [0.25, 0.3) is 0 Å². The number of hydrogen-bond acceptors (Lipinski definition) is 5. The average Bonchev–Trinajstić information content (AvgIpc) is 2.36. The Hall–Kier alpha value is -1.21. The average molecular weight is 343 g/mol. The molecule has 0 aliphatic rings. The molecule has 6 heteroatoms. The number of hydrogen-bond donors (Lipinski definition) is 2. The Morgan fingerprint density at radius 3 is 2.53 bits per heavy atom. The number of carbonyl (C=O) groups is 1. The second kappa shape index (κ2) is 6.51. The van der Waals surface area contributed by atoms with Gasteiger partial charge in [0.15, 0.2) is 0 Å². The summed E-state index contributed by atoms with van der Waals surface area (Å²) >= 11 is -1.84. The van der Waals surface area contributed by atoms with Gasteiger partial charge < -0.3 is 0 Å². The van der Waals surface area contributed by atoms with Gasteiger partial charge in [0.05, 0.1) is 0 Å². The van der Waals surface area contributed by atoms with Crippen LogP contribution in [0, 0.1) is 0 Å². The van der Waals surface area contributed by atoms with Crippen LogP contribution in [0.15, 0.2) is 12.1 Å².